The molecule has 1 saturated heterocycles. The van der Waals surface area contributed by atoms with Gasteiger partial charge in [-0.3, -0.25) is 9.78 Å². The van der Waals surface area contributed by atoms with E-state index in [1.165, 1.54) is 0 Å². The first kappa shape index (κ1) is 17.5. The molecule has 1 fully saturated rings. The van der Waals surface area contributed by atoms with Gasteiger partial charge in [-0.2, -0.15) is 0 Å². The van der Waals surface area contributed by atoms with Gasteiger partial charge in [0.25, 0.3) is 5.91 Å². The highest BCUT2D eigenvalue weighted by Gasteiger charge is 2.29. The van der Waals surface area contributed by atoms with Crippen molar-refractivity contribution < 1.29 is 9.21 Å². The van der Waals surface area contributed by atoms with Crippen LogP contribution in [0.25, 0.3) is 22.5 Å². The SMILES string of the molecule is O=C(c1cnc(-c2cccnc2)nc1)N1CCC[C@@H](c2nc3ccccc3o2)C1. The Morgan fingerprint density at radius 1 is 1.07 bits per heavy atom. The number of likely N-dealkylation sites (tertiary alicyclic amines) is 1. The minimum atomic E-state index is -0.0662. The normalized spacial score (nSPS) is 16.8. The number of nitrogens with zero attached hydrogens (tertiary/aromatic N) is 5. The van der Waals surface area contributed by atoms with Crippen LogP contribution in [0.5, 0.6) is 0 Å². The maximum absolute atomic E-state index is 13.0. The molecule has 4 heterocycles. The van der Waals surface area contributed by atoms with Gasteiger partial charge in [-0.15, -0.1) is 0 Å². The third-order valence-electron chi connectivity index (χ3n) is 5.19. The number of carbonyl (C=O) groups excluding carboxylic acids is 1. The predicted molar refractivity (Wildman–Crippen MR) is 107 cm³/mol. The lowest BCUT2D eigenvalue weighted by Gasteiger charge is -2.31. The van der Waals surface area contributed by atoms with Crippen molar-refractivity contribution in [2.24, 2.45) is 0 Å². The number of fused-ring (bicyclic) bond motifs is 1. The van der Waals surface area contributed by atoms with E-state index in [1.54, 1.807) is 24.8 Å². The monoisotopic (exact) mass is 385 g/mol. The molecule has 0 bridgehead atoms. The number of para-hydroxylation sites is 2. The summed E-state index contributed by atoms with van der Waals surface area (Å²) in [6, 6.07) is 11.5. The second kappa shape index (κ2) is 7.43. The smallest absolute Gasteiger partial charge is 0.257 e. The van der Waals surface area contributed by atoms with Gasteiger partial charge in [-0.05, 0) is 37.1 Å². The lowest BCUT2D eigenvalue weighted by molar-refractivity contribution is 0.0698. The molecule has 7 nitrogen and oxygen atoms in total. The maximum atomic E-state index is 13.0. The zero-order chi connectivity index (χ0) is 19.6. The topological polar surface area (TPSA) is 85.0 Å². The van der Waals surface area contributed by atoms with Gasteiger partial charge in [-0.25, -0.2) is 15.0 Å². The Morgan fingerprint density at radius 3 is 2.72 bits per heavy atom. The molecule has 1 amide bonds. The molecule has 1 aromatic carbocycles. The Hall–Kier alpha value is -3.61. The summed E-state index contributed by atoms with van der Waals surface area (Å²) in [4.78, 5) is 32.2. The molecule has 0 radical (unpaired) electrons. The van der Waals surface area contributed by atoms with Gasteiger partial charge in [0, 0.05) is 43.4 Å². The number of aromatic nitrogens is 4. The van der Waals surface area contributed by atoms with Gasteiger partial charge in [-0.1, -0.05) is 12.1 Å². The third kappa shape index (κ3) is 3.47. The molecular weight excluding hydrogens is 366 g/mol. The molecule has 0 unspecified atom stereocenters. The van der Waals surface area contributed by atoms with E-state index >= 15 is 0 Å². The Bertz CT molecular complexity index is 1110. The van der Waals surface area contributed by atoms with Crippen LogP contribution in [0.15, 0.2) is 65.6 Å². The van der Waals surface area contributed by atoms with Gasteiger partial charge in [0.15, 0.2) is 17.3 Å². The number of benzene rings is 1. The molecule has 1 aliphatic rings. The van der Waals surface area contributed by atoms with Crippen molar-refractivity contribution >= 4 is 17.0 Å². The molecule has 7 heteroatoms. The Labute approximate surface area is 167 Å². The molecule has 29 heavy (non-hydrogen) atoms. The standard InChI is InChI=1S/C22H19N5O2/c28-22(17-12-24-20(25-13-17)15-5-3-9-23-11-15)27-10-4-6-16(14-27)21-26-18-7-1-2-8-19(18)29-21/h1-3,5,7-9,11-13,16H,4,6,10,14H2/t16-/m1/s1. The van der Waals surface area contributed by atoms with E-state index in [9.17, 15) is 4.79 Å². The van der Waals surface area contributed by atoms with E-state index in [2.05, 4.69) is 19.9 Å². The number of hydrogen-bond acceptors (Lipinski definition) is 6. The van der Waals surface area contributed by atoms with Crippen molar-refractivity contribution in [1.82, 2.24) is 24.8 Å². The largest absolute Gasteiger partial charge is 0.440 e. The summed E-state index contributed by atoms with van der Waals surface area (Å²) >= 11 is 0. The molecular formula is C22H19N5O2. The summed E-state index contributed by atoms with van der Waals surface area (Å²) in [5.41, 5.74) is 2.94. The Kier molecular flexibility index (Phi) is 4.48. The van der Waals surface area contributed by atoms with E-state index < -0.39 is 0 Å². The summed E-state index contributed by atoms with van der Waals surface area (Å²) < 4.78 is 5.93. The molecule has 1 atom stereocenters. The highest BCUT2D eigenvalue weighted by atomic mass is 16.3. The van der Waals surface area contributed by atoms with Gasteiger partial charge in [0.2, 0.25) is 0 Å². The fraction of sp³-hybridized carbons (Fsp3) is 0.227. The van der Waals surface area contributed by atoms with Crippen molar-refractivity contribution in [3.05, 3.63) is 72.6 Å². The van der Waals surface area contributed by atoms with Crippen LogP contribution in [-0.4, -0.2) is 43.8 Å². The Morgan fingerprint density at radius 2 is 1.93 bits per heavy atom. The van der Waals surface area contributed by atoms with Crippen LogP contribution in [0.3, 0.4) is 0 Å². The average molecular weight is 385 g/mol. The first-order chi connectivity index (χ1) is 14.3. The zero-order valence-electron chi connectivity index (χ0n) is 15.7. The number of piperidine rings is 1. The van der Waals surface area contributed by atoms with Crippen molar-refractivity contribution in [2.75, 3.05) is 13.1 Å². The van der Waals surface area contributed by atoms with E-state index in [0.29, 0.717) is 30.4 Å². The Balaban J connectivity index is 1.33. The number of rotatable bonds is 3. The minimum absolute atomic E-state index is 0.0662. The van der Waals surface area contributed by atoms with Gasteiger partial charge >= 0.3 is 0 Å². The van der Waals surface area contributed by atoms with Crippen LogP contribution in [0.2, 0.25) is 0 Å². The van der Waals surface area contributed by atoms with E-state index in [0.717, 1.165) is 29.5 Å². The molecule has 1 aliphatic heterocycles. The summed E-state index contributed by atoms with van der Waals surface area (Å²) in [7, 11) is 0. The summed E-state index contributed by atoms with van der Waals surface area (Å²) in [6.45, 7) is 1.29. The molecule has 0 spiro atoms. The number of carbonyl (C=O) groups is 1. The first-order valence-corrected chi connectivity index (χ1v) is 9.65. The molecule has 4 aromatic rings. The third-order valence-corrected chi connectivity index (χ3v) is 5.19. The molecule has 0 aliphatic carbocycles. The van der Waals surface area contributed by atoms with Gasteiger partial charge in [0.1, 0.15) is 5.52 Å². The summed E-state index contributed by atoms with van der Waals surface area (Å²) in [5, 5.41) is 0. The van der Waals surface area contributed by atoms with Crippen molar-refractivity contribution in [3.63, 3.8) is 0 Å². The average Bonchev–Trinajstić information content (AvgIpc) is 3.24. The second-order valence-electron chi connectivity index (χ2n) is 7.15. The fourth-order valence-corrected chi connectivity index (χ4v) is 3.69. The summed E-state index contributed by atoms with van der Waals surface area (Å²) in [6.07, 6.45) is 8.43. The van der Waals surface area contributed by atoms with Gasteiger partial charge < -0.3 is 9.32 Å². The van der Waals surface area contributed by atoms with Crippen LogP contribution in [0.1, 0.15) is 35.0 Å². The van der Waals surface area contributed by atoms with Crippen molar-refractivity contribution in [2.45, 2.75) is 18.8 Å². The van der Waals surface area contributed by atoms with Gasteiger partial charge in [0.05, 0.1) is 11.5 Å². The maximum Gasteiger partial charge on any atom is 0.257 e. The highest BCUT2D eigenvalue weighted by molar-refractivity contribution is 5.93. The first-order valence-electron chi connectivity index (χ1n) is 9.65. The quantitative estimate of drug-likeness (QED) is 0.535. The molecule has 3 aromatic heterocycles. The zero-order valence-corrected chi connectivity index (χ0v) is 15.7. The van der Waals surface area contributed by atoms with Crippen LogP contribution in [0, 0.1) is 0 Å². The highest BCUT2D eigenvalue weighted by Crippen LogP contribution is 2.29. The molecule has 0 saturated carbocycles. The number of amides is 1. The van der Waals surface area contributed by atoms with Crippen LogP contribution >= 0.6 is 0 Å². The predicted octanol–water partition coefficient (Wildman–Crippen LogP) is 3.70. The second-order valence-corrected chi connectivity index (χ2v) is 7.15. The molecule has 0 N–H and O–H groups in total. The van der Waals surface area contributed by atoms with E-state index in [1.807, 2.05) is 41.3 Å². The van der Waals surface area contributed by atoms with E-state index in [-0.39, 0.29) is 11.8 Å². The molecule has 5 rings (SSSR count). The number of pyridine rings is 1. The van der Waals surface area contributed by atoms with Crippen LogP contribution in [0.4, 0.5) is 0 Å². The fourth-order valence-electron chi connectivity index (χ4n) is 3.69. The van der Waals surface area contributed by atoms with Crippen molar-refractivity contribution in [3.8, 4) is 11.4 Å². The lowest BCUT2D eigenvalue weighted by atomic mass is 9.97. The summed E-state index contributed by atoms with van der Waals surface area (Å²) in [5.74, 6) is 1.28. The van der Waals surface area contributed by atoms with Crippen LogP contribution in [-0.2, 0) is 0 Å². The van der Waals surface area contributed by atoms with Crippen LogP contribution < -0.4 is 0 Å². The van der Waals surface area contributed by atoms with E-state index in [4.69, 9.17) is 4.42 Å². The lowest BCUT2D eigenvalue weighted by Crippen LogP contribution is -2.39. The van der Waals surface area contributed by atoms with Crippen molar-refractivity contribution in [1.29, 1.82) is 0 Å². The number of hydrogen-bond donors (Lipinski definition) is 0. The number of oxazole rings is 1. The minimum Gasteiger partial charge on any atom is -0.440 e. The molecule has 144 valence electrons.